The molecule has 2 heterocycles. The number of fused-ring (bicyclic) bond motifs is 1. The van der Waals surface area contributed by atoms with Gasteiger partial charge in [-0.1, -0.05) is 18.2 Å². The van der Waals surface area contributed by atoms with Crippen LogP contribution in [0, 0.1) is 0 Å². The van der Waals surface area contributed by atoms with Crippen LogP contribution in [0.4, 0.5) is 0 Å². The molecular weight excluding hydrogens is 266 g/mol. The van der Waals surface area contributed by atoms with Crippen molar-refractivity contribution in [1.82, 2.24) is 15.2 Å². The highest BCUT2D eigenvalue weighted by molar-refractivity contribution is 6.09. The van der Waals surface area contributed by atoms with Crippen LogP contribution < -0.4 is 5.32 Å². The normalized spacial score (nSPS) is 18.7. The molecule has 2 N–H and O–H groups in total. The van der Waals surface area contributed by atoms with Crippen LogP contribution in [-0.2, 0) is 4.79 Å². The molecule has 2 aromatic rings. The molecule has 1 amide bonds. The number of aromatic amines is 1. The summed E-state index contributed by atoms with van der Waals surface area (Å²) in [5, 5.41) is 3.77. The lowest BCUT2D eigenvalue weighted by Crippen LogP contribution is -2.62. The van der Waals surface area contributed by atoms with Crippen LogP contribution in [0.1, 0.15) is 24.2 Å². The number of nitrogens with zero attached hydrogens (tertiary/aromatic N) is 1. The molecule has 1 aliphatic heterocycles. The molecule has 5 heteroatoms. The molecule has 1 aliphatic rings. The molecule has 1 aromatic carbocycles. The van der Waals surface area contributed by atoms with E-state index in [4.69, 9.17) is 0 Å². The number of benzene rings is 1. The molecule has 110 valence electrons. The Bertz CT molecular complexity index is 702. The van der Waals surface area contributed by atoms with Gasteiger partial charge in [-0.15, -0.1) is 0 Å². The lowest BCUT2D eigenvalue weighted by atomic mass is 9.97. The highest BCUT2D eigenvalue weighted by Crippen LogP contribution is 2.21. The average molecular weight is 285 g/mol. The van der Waals surface area contributed by atoms with E-state index in [1.165, 1.54) is 0 Å². The van der Waals surface area contributed by atoms with Crippen molar-refractivity contribution in [1.29, 1.82) is 0 Å². The van der Waals surface area contributed by atoms with Crippen molar-refractivity contribution in [3.63, 3.8) is 0 Å². The van der Waals surface area contributed by atoms with Crippen LogP contribution in [-0.4, -0.2) is 46.7 Å². The molecule has 0 atom stereocenters. The summed E-state index contributed by atoms with van der Waals surface area (Å²) in [6, 6.07) is 7.74. The first-order valence-corrected chi connectivity index (χ1v) is 7.13. The number of rotatable bonds is 3. The average Bonchev–Trinajstić information content (AvgIpc) is 2.88. The maximum Gasteiger partial charge on any atom is 0.240 e. The summed E-state index contributed by atoms with van der Waals surface area (Å²) in [6.07, 6.45) is 1.75. The van der Waals surface area contributed by atoms with Crippen LogP contribution in [0.3, 0.4) is 0 Å². The van der Waals surface area contributed by atoms with Crippen molar-refractivity contribution in [2.24, 2.45) is 0 Å². The van der Waals surface area contributed by atoms with Gasteiger partial charge in [-0.3, -0.25) is 14.5 Å². The molecular formula is C16H19N3O2. The summed E-state index contributed by atoms with van der Waals surface area (Å²) in [5.41, 5.74) is 0.990. The minimum atomic E-state index is -0.653. The highest BCUT2D eigenvalue weighted by atomic mass is 16.2. The van der Waals surface area contributed by atoms with E-state index in [1.54, 1.807) is 6.20 Å². The quantitative estimate of drug-likeness (QED) is 0.841. The molecule has 0 aliphatic carbocycles. The second kappa shape index (κ2) is 5.00. The minimum absolute atomic E-state index is 0.0273. The fourth-order valence-corrected chi connectivity index (χ4v) is 2.78. The Kier molecular flexibility index (Phi) is 3.29. The Morgan fingerprint density at radius 1 is 1.33 bits per heavy atom. The molecule has 0 unspecified atom stereocenters. The third kappa shape index (κ3) is 2.34. The van der Waals surface area contributed by atoms with E-state index in [0.717, 1.165) is 10.9 Å². The van der Waals surface area contributed by atoms with Crippen molar-refractivity contribution in [2.75, 3.05) is 19.6 Å². The number of nitrogens with one attached hydrogen (secondary N) is 2. The van der Waals surface area contributed by atoms with E-state index in [1.807, 2.05) is 43.0 Å². The summed E-state index contributed by atoms with van der Waals surface area (Å²) < 4.78 is 0. The number of amides is 1. The monoisotopic (exact) mass is 285 g/mol. The SMILES string of the molecule is CC1(C)C(=O)NCCN1CC(=O)c1c[nH]c2ccccc12. The number of hydrogen-bond donors (Lipinski definition) is 2. The van der Waals surface area contributed by atoms with Crippen LogP contribution in [0.2, 0.25) is 0 Å². The van der Waals surface area contributed by atoms with Gasteiger partial charge in [-0.05, 0) is 19.9 Å². The Morgan fingerprint density at radius 3 is 2.90 bits per heavy atom. The first-order valence-electron chi connectivity index (χ1n) is 7.13. The molecule has 0 radical (unpaired) electrons. The molecule has 1 aromatic heterocycles. The largest absolute Gasteiger partial charge is 0.360 e. The highest BCUT2D eigenvalue weighted by Gasteiger charge is 2.38. The van der Waals surface area contributed by atoms with Gasteiger partial charge < -0.3 is 10.3 Å². The molecule has 1 saturated heterocycles. The van der Waals surface area contributed by atoms with Gasteiger partial charge in [-0.2, -0.15) is 0 Å². The van der Waals surface area contributed by atoms with Crippen LogP contribution >= 0.6 is 0 Å². The van der Waals surface area contributed by atoms with E-state index < -0.39 is 5.54 Å². The standard InChI is InChI=1S/C16H19N3O2/c1-16(2)15(21)17-7-8-19(16)10-14(20)12-9-18-13-6-4-3-5-11(12)13/h3-6,9,18H,7-8,10H2,1-2H3,(H,17,21). The topological polar surface area (TPSA) is 65.2 Å². The first kappa shape index (κ1) is 13.8. The van der Waals surface area contributed by atoms with E-state index in [-0.39, 0.29) is 18.2 Å². The maximum atomic E-state index is 12.6. The van der Waals surface area contributed by atoms with E-state index in [9.17, 15) is 9.59 Å². The fraction of sp³-hybridized carbons (Fsp3) is 0.375. The molecule has 0 bridgehead atoms. The first-order chi connectivity index (χ1) is 10.00. The van der Waals surface area contributed by atoms with Gasteiger partial charge in [0.2, 0.25) is 5.91 Å². The number of hydrogen-bond acceptors (Lipinski definition) is 3. The van der Waals surface area contributed by atoms with Crippen molar-refractivity contribution in [3.05, 3.63) is 36.0 Å². The zero-order chi connectivity index (χ0) is 15.0. The predicted octanol–water partition coefficient (Wildman–Crippen LogP) is 1.56. The molecule has 0 saturated carbocycles. The Balaban J connectivity index is 1.85. The number of carbonyl (C=O) groups excluding carboxylic acids is 2. The molecule has 3 rings (SSSR count). The lowest BCUT2D eigenvalue weighted by molar-refractivity contribution is -0.134. The maximum absolute atomic E-state index is 12.6. The van der Waals surface area contributed by atoms with Crippen molar-refractivity contribution >= 4 is 22.6 Å². The van der Waals surface area contributed by atoms with Crippen LogP contribution in [0.5, 0.6) is 0 Å². The van der Waals surface area contributed by atoms with Crippen molar-refractivity contribution < 1.29 is 9.59 Å². The Labute approximate surface area is 123 Å². The number of Topliss-reactive ketones (excluding diaryl/α,β-unsaturated/α-hetero) is 1. The molecule has 1 fully saturated rings. The summed E-state index contributed by atoms with van der Waals surface area (Å²) >= 11 is 0. The number of H-pyrrole nitrogens is 1. The summed E-state index contributed by atoms with van der Waals surface area (Å²) in [6.45, 7) is 5.23. The number of ketones is 1. The number of piperazine rings is 1. The van der Waals surface area contributed by atoms with Gasteiger partial charge in [-0.25, -0.2) is 0 Å². The Morgan fingerprint density at radius 2 is 2.10 bits per heavy atom. The van der Waals surface area contributed by atoms with E-state index in [2.05, 4.69) is 10.3 Å². The number of carbonyl (C=O) groups is 2. The van der Waals surface area contributed by atoms with Gasteiger partial charge in [0.15, 0.2) is 5.78 Å². The minimum Gasteiger partial charge on any atom is -0.360 e. The van der Waals surface area contributed by atoms with E-state index in [0.29, 0.717) is 18.7 Å². The third-order valence-electron chi connectivity index (χ3n) is 4.24. The lowest BCUT2D eigenvalue weighted by Gasteiger charge is -2.40. The summed E-state index contributed by atoms with van der Waals surface area (Å²) in [4.78, 5) is 29.6. The van der Waals surface area contributed by atoms with Gasteiger partial charge in [0.1, 0.15) is 0 Å². The number of aromatic nitrogens is 1. The second-order valence-electron chi connectivity index (χ2n) is 5.91. The second-order valence-corrected chi connectivity index (χ2v) is 5.91. The van der Waals surface area contributed by atoms with Gasteiger partial charge in [0, 0.05) is 35.8 Å². The third-order valence-corrected chi connectivity index (χ3v) is 4.24. The van der Waals surface area contributed by atoms with Crippen molar-refractivity contribution in [2.45, 2.75) is 19.4 Å². The predicted molar refractivity (Wildman–Crippen MR) is 81.3 cm³/mol. The molecule has 21 heavy (non-hydrogen) atoms. The smallest absolute Gasteiger partial charge is 0.240 e. The van der Waals surface area contributed by atoms with Crippen LogP contribution in [0.25, 0.3) is 10.9 Å². The molecule has 0 spiro atoms. The van der Waals surface area contributed by atoms with Crippen LogP contribution in [0.15, 0.2) is 30.5 Å². The van der Waals surface area contributed by atoms with Gasteiger partial charge in [0.05, 0.1) is 12.1 Å². The summed E-state index contributed by atoms with van der Waals surface area (Å²) in [5.74, 6) is 0.00991. The zero-order valence-corrected chi connectivity index (χ0v) is 12.3. The number of para-hydroxylation sites is 1. The zero-order valence-electron chi connectivity index (χ0n) is 12.3. The van der Waals surface area contributed by atoms with Gasteiger partial charge in [0.25, 0.3) is 0 Å². The molecule has 5 nitrogen and oxygen atoms in total. The fourth-order valence-electron chi connectivity index (χ4n) is 2.78. The van der Waals surface area contributed by atoms with Crippen molar-refractivity contribution in [3.8, 4) is 0 Å². The van der Waals surface area contributed by atoms with E-state index >= 15 is 0 Å². The summed E-state index contributed by atoms with van der Waals surface area (Å²) in [7, 11) is 0. The van der Waals surface area contributed by atoms with Gasteiger partial charge >= 0.3 is 0 Å². The Hall–Kier alpha value is -2.14.